The molecule has 1 unspecified atom stereocenters. The molecule has 1 atom stereocenters. The van der Waals surface area contributed by atoms with Gasteiger partial charge in [0.2, 0.25) is 6.29 Å². The maximum atomic E-state index is 10.1. The molecule has 4 nitrogen and oxygen atoms in total. The molecule has 0 amide bonds. The fourth-order valence-electron chi connectivity index (χ4n) is 0.802. The molecule has 0 aromatic heterocycles. The Morgan fingerprint density at radius 2 is 2.00 bits per heavy atom. The van der Waals surface area contributed by atoms with Crippen LogP contribution in [-0.4, -0.2) is 16.5 Å². The van der Waals surface area contributed by atoms with Crippen molar-refractivity contribution in [3.05, 3.63) is 23.8 Å². The molecule has 0 bridgehead atoms. The molecule has 1 radical (unpaired) electrons. The third-order valence-corrected chi connectivity index (χ3v) is 1.49. The predicted molar refractivity (Wildman–Crippen MR) is 42.4 cm³/mol. The molecular weight excluding hydrogens is 158 g/mol. The van der Waals surface area contributed by atoms with Gasteiger partial charge < -0.3 is 15.9 Å². The second kappa shape index (κ2) is 3.23. The summed E-state index contributed by atoms with van der Waals surface area (Å²) in [5.41, 5.74) is 5.71. The van der Waals surface area contributed by atoms with Crippen LogP contribution in [0.25, 0.3) is 0 Å². The molecule has 0 saturated carbocycles. The number of phenols is 2. The van der Waals surface area contributed by atoms with E-state index in [9.17, 15) is 4.79 Å². The molecule has 4 heteroatoms. The highest BCUT2D eigenvalue weighted by atomic mass is 16.3. The van der Waals surface area contributed by atoms with E-state index in [1.807, 2.05) is 0 Å². The minimum absolute atomic E-state index is 0.239. The first kappa shape index (κ1) is 8.55. The number of benzene rings is 1. The van der Waals surface area contributed by atoms with Crippen molar-refractivity contribution in [3.63, 3.8) is 0 Å². The molecule has 63 valence electrons. The van der Waals surface area contributed by atoms with Crippen molar-refractivity contribution in [2.24, 2.45) is 5.73 Å². The SMILES string of the molecule is NC([C]=O)c1ccc(O)c(O)c1. The second-order valence-electron chi connectivity index (χ2n) is 2.34. The maximum absolute atomic E-state index is 10.1. The first-order valence-corrected chi connectivity index (χ1v) is 3.30. The summed E-state index contributed by atoms with van der Waals surface area (Å²) in [5, 5.41) is 17.9. The lowest BCUT2D eigenvalue weighted by molar-refractivity contribution is 0.403. The van der Waals surface area contributed by atoms with Crippen LogP contribution in [0.4, 0.5) is 0 Å². The van der Waals surface area contributed by atoms with Gasteiger partial charge in [-0.3, -0.25) is 4.79 Å². The van der Waals surface area contributed by atoms with Crippen LogP contribution in [-0.2, 0) is 4.79 Å². The van der Waals surface area contributed by atoms with E-state index in [2.05, 4.69) is 0 Å². The van der Waals surface area contributed by atoms with Crippen molar-refractivity contribution in [2.75, 3.05) is 0 Å². The minimum Gasteiger partial charge on any atom is -0.504 e. The molecule has 4 N–H and O–H groups in total. The Hall–Kier alpha value is -1.55. The number of rotatable bonds is 2. The molecule has 0 fully saturated rings. The minimum atomic E-state index is -0.878. The lowest BCUT2D eigenvalue weighted by atomic mass is 10.1. The van der Waals surface area contributed by atoms with Gasteiger partial charge in [-0.05, 0) is 17.7 Å². The van der Waals surface area contributed by atoms with Gasteiger partial charge in [0, 0.05) is 0 Å². The predicted octanol–water partition coefficient (Wildman–Crippen LogP) is 0.207. The summed E-state index contributed by atoms with van der Waals surface area (Å²) in [7, 11) is 0. The highest BCUT2D eigenvalue weighted by Crippen LogP contribution is 2.26. The zero-order chi connectivity index (χ0) is 9.14. The van der Waals surface area contributed by atoms with Crippen LogP contribution < -0.4 is 5.73 Å². The van der Waals surface area contributed by atoms with E-state index < -0.39 is 6.04 Å². The third-order valence-electron chi connectivity index (χ3n) is 1.49. The van der Waals surface area contributed by atoms with Crippen molar-refractivity contribution in [1.29, 1.82) is 0 Å². The molecule has 0 saturated heterocycles. The van der Waals surface area contributed by atoms with Crippen molar-refractivity contribution in [1.82, 2.24) is 0 Å². The molecule has 0 aliphatic carbocycles. The third kappa shape index (κ3) is 1.54. The highest BCUT2D eigenvalue weighted by Gasteiger charge is 2.07. The van der Waals surface area contributed by atoms with Gasteiger partial charge in [-0.1, -0.05) is 6.07 Å². The Balaban J connectivity index is 3.04. The van der Waals surface area contributed by atoms with Crippen molar-refractivity contribution in [3.8, 4) is 11.5 Å². The first-order valence-electron chi connectivity index (χ1n) is 3.30. The van der Waals surface area contributed by atoms with E-state index in [1.165, 1.54) is 18.2 Å². The number of carbonyl (C=O) groups excluding carboxylic acids is 1. The number of hydrogen-bond donors (Lipinski definition) is 3. The van der Waals surface area contributed by atoms with E-state index in [0.717, 1.165) is 0 Å². The number of phenolic OH excluding ortho intramolecular Hbond substituents is 2. The van der Waals surface area contributed by atoms with Crippen LogP contribution in [0, 0.1) is 0 Å². The molecule has 1 rings (SSSR count). The van der Waals surface area contributed by atoms with Crippen LogP contribution in [0.1, 0.15) is 11.6 Å². The Morgan fingerprint density at radius 3 is 2.50 bits per heavy atom. The molecule has 0 spiro atoms. The van der Waals surface area contributed by atoms with Crippen molar-refractivity contribution in [2.45, 2.75) is 6.04 Å². The van der Waals surface area contributed by atoms with E-state index in [1.54, 1.807) is 6.29 Å². The van der Waals surface area contributed by atoms with Gasteiger partial charge in [0.15, 0.2) is 11.5 Å². The second-order valence-corrected chi connectivity index (χ2v) is 2.34. The number of hydrogen-bond acceptors (Lipinski definition) is 4. The average Bonchev–Trinajstić information content (AvgIpc) is 2.08. The van der Waals surface area contributed by atoms with Gasteiger partial charge >= 0.3 is 0 Å². The monoisotopic (exact) mass is 166 g/mol. The fourth-order valence-corrected chi connectivity index (χ4v) is 0.802. The van der Waals surface area contributed by atoms with Gasteiger partial charge in [-0.25, -0.2) is 0 Å². The van der Waals surface area contributed by atoms with Gasteiger partial charge in [-0.2, -0.15) is 0 Å². The molecule has 0 aliphatic rings. The standard InChI is InChI=1S/C8H8NO3/c9-6(4-10)5-1-2-7(11)8(12)3-5/h1-3,6,11-12H,9H2. The van der Waals surface area contributed by atoms with Gasteiger partial charge in [0.05, 0.1) is 6.04 Å². The molecule has 12 heavy (non-hydrogen) atoms. The van der Waals surface area contributed by atoms with E-state index in [4.69, 9.17) is 15.9 Å². The van der Waals surface area contributed by atoms with Crippen LogP contribution >= 0.6 is 0 Å². The smallest absolute Gasteiger partial charge is 0.221 e. The summed E-state index contributed by atoms with van der Waals surface area (Å²) in [4.78, 5) is 10.1. The number of aromatic hydroxyl groups is 2. The topological polar surface area (TPSA) is 83.6 Å². The number of nitrogens with two attached hydrogens (primary N) is 1. The summed E-state index contributed by atoms with van der Waals surface area (Å²) in [6, 6.07) is 3.06. The molecular formula is C8H8NO3. The van der Waals surface area contributed by atoms with Gasteiger partial charge in [-0.15, -0.1) is 0 Å². The molecule has 0 heterocycles. The summed E-state index contributed by atoms with van der Waals surface area (Å²) in [5.74, 6) is -0.532. The van der Waals surface area contributed by atoms with Gasteiger partial charge in [0.1, 0.15) is 0 Å². The van der Waals surface area contributed by atoms with Gasteiger partial charge in [0.25, 0.3) is 0 Å². The van der Waals surface area contributed by atoms with Crippen molar-refractivity contribution < 1.29 is 15.0 Å². The van der Waals surface area contributed by atoms with Crippen LogP contribution in [0.5, 0.6) is 11.5 Å². The summed E-state index contributed by atoms with van der Waals surface area (Å²) in [6.07, 6.45) is 1.56. The Kier molecular flexibility index (Phi) is 2.30. The Labute approximate surface area is 69.3 Å². The van der Waals surface area contributed by atoms with E-state index >= 15 is 0 Å². The lowest BCUT2D eigenvalue weighted by Crippen LogP contribution is -2.10. The molecule has 0 aliphatic heterocycles. The van der Waals surface area contributed by atoms with Crippen LogP contribution in [0.15, 0.2) is 18.2 Å². The lowest BCUT2D eigenvalue weighted by Gasteiger charge is -2.04. The quantitative estimate of drug-likeness (QED) is 0.548. The summed E-state index contributed by atoms with van der Waals surface area (Å²) in [6.45, 7) is 0. The van der Waals surface area contributed by atoms with Crippen LogP contribution in [0.3, 0.4) is 0 Å². The van der Waals surface area contributed by atoms with E-state index in [0.29, 0.717) is 5.56 Å². The largest absolute Gasteiger partial charge is 0.504 e. The maximum Gasteiger partial charge on any atom is 0.221 e. The molecule has 1 aromatic carbocycles. The molecule has 1 aromatic rings. The van der Waals surface area contributed by atoms with Crippen LogP contribution in [0.2, 0.25) is 0 Å². The summed E-state index contributed by atoms with van der Waals surface area (Å²) < 4.78 is 0. The first-order chi connectivity index (χ1) is 5.65. The highest BCUT2D eigenvalue weighted by molar-refractivity contribution is 5.62. The average molecular weight is 166 g/mol. The zero-order valence-electron chi connectivity index (χ0n) is 6.19. The Morgan fingerprint density at radius 1 is 1.33 bits per heavy atom. The summed E-state index contributed by atoms with van der Waals surface area (Å²) >= 11 is 0. The van der Waals surface area contributed by atoms with E-state index in [-0.39, 0.29) is 11.5 Å². The zero-order valence-corrected chi connectivity index (χ0v) is 6.19. The van der Waals surface area contributed by atoms with Crippen molar-refractivity contribution >= 4 is 6.29 Å². The Bertz CT molecular complexity index is 298. The normalized spacial score (nSPS) is 12.4. The fraction of sp³-hybridized carbons (Fsp3) is 0.125.